The lowest BCUT2D eigenvalue weighted by Gasteiger charge is -2.31. The van der Waals surface area contributed by atoms with Crippen molar-refractivity contribution in [2.45, 2.75) is 72.4 Å². The molecular weight excluding hydrogens is 534 g/mol. The van der Waals surface area contributed by atoms with E-state index in [1.807, 2.05) is 60.5 Å². The molecule has 0 radical (unpaired) electrons. The Hall–Kier alpha value is -3.52. The topological polar surface area (TPSA) is 71.1 Å². The second kappa shape index (κ2) is 14.9. The Balaban J connectivity index is 1.81. The smallest absolute Gasteiger partial charge is 0.322 e. The molecule has 8 heteroatoms. The standard InChI is InChI=1S/C33H45N3O4S/c1-22(2)27-12-9-13-28(23(3)4)32(27)34-33(38)36(24(5)6)21-31(37)35(20-26-11-10-18-41-26)17-16-25-14-15-29(39-7)30(19-25)40-8/h9-15,18-19,22-24H,16-17,20-21H2,1-8H3,(H,34,38). The fraction of sp³-hybridized carbons (Fsp3) is 0.455. The van der Waals surface area contributed by atoms with Crippen LogP contribution in [0.4, 0.5) is 10.5 Å². The molecule has 1 aromatic heterocycles. The predicted octanol–water partition coefficient (Wildman–Crippen LogP) is 7.53. The molecule has 41 heavy (non-hydrogen) atoms. The van der Waals surface area contributed by atoms with Gasteiger partial charge >= 0.3 is 6.03 Å². The Morgan fingerprint density at radius 2 is 1.54 bits per heavy atom. The molecular formula is C33H45N3O4S. The molecule has 0 aliphatic heterocycles. The number of urea groups is 1. The van der Waals surface area contributed by atoms with Gasteiger partial charge in [-0.05, 0) is 72.4 Å². The van der Waals surface area contributed by atoms with E-state index in [4.69, 9.17) is 9.47 Å². The fourth-order valence-corrected chi connectivity index (χ4v) is 5.51. The van der Waals surface area contributed by atoms with E-state index in [0.29, 0.717) is 31.0 Å². The summed E-state index contributed by atoms with van der Waals surface area (Å²) in [5, 5.41) is 5.20. The van der Waals surface area contributed by atoms with Gasteiger partial charge in [0.25, 0.3) is 0 Å². The normalized spacial score (nSPS) is 11.2. The lowest BCUT2D eigenvalue weighted by Crippen LogP contribution is -2.47. The number of nitrogens with one attached hydrogen (secondary N) is 1. The molecule has 1 N–H and O–H groups in total. The van der Waals surface area contributed by atoms with Gasteiger partial charge in [-0.1, -0.05) is 58.0 Å². The van der Waals surface area contributed by atoms with Gasteiger partial charge in [-0.3, -0.25) is 4.79 Å². The third kappa shape index (κ3) is 8.49. The second-order valence-corrected chi connectivity index (χ2v) is 12.1. The van der Waals surface area contributed by atoms with Crippen LogP contribution in [0, 0.1) is 0 Å². The van der Waals surface area contributed by atoms with E-state index in [0.717, 1.165) is 27.3 Å². The third-order valence-corrected chi connectivity index (χ3v) is 8.05. The number of anilines is 1. The molecule has 222 valence electrons. The summed E-state index contributed by atoms with van der Waals surface area (Å²) in [6.45, 7) is 13.4. The van der Waals surface area contributed by atoms with E-state index < -0.39 is 0 Å². The zero-order valence-corrected chi connectivity index (χ0v) is 26.5. The first-order valence-corrected chi connectivity index (χ1v) is 15.1. The lowest BCUT2D eigenvalue weighted by molar-refractivity contribution is -0.132. The summed E-state index contributed by atoms with van der Waals surface area (Å²) in [5.41, 5.74) is 4.07. The predicted molar refractivity (Wildman–Crippen MR) is 168 cm³/mol. The van der Waals surface area contributed by atoms with E-state index in [-0.39, 0.29) is 36.4 Å². The van der Waals surface area contributed by atoms with Gasteiger partial charge in [0.15, 0.2) is 11.5 Å². The molecule has 7 nitrogen and oxygen atoms in total. The lowest BCUT2D eigenvalue weighted by atomic mass is 9.93. The van der Waals surface area contributed by atoms with Crippen LogP contribution in [0.15, 0.2) is 53.9 Å². The van der Waals surface area contributed by atoms with Gasteiger partial charge in [0.05, 0.1) is 20.8 Å². The van der Waals surface area contributed by atoms with Crippen LogP contribution in [0.5, 0.6) is 11.5 Å². The first-order chi connectivity index (χ1) is 19.5. The number of benzene rings is 2. The molecule has 0 aliphatic rings. The highest BCUT2D eigenvalue weighted by Crippen LogP contribution is 2.33. The Kier molecular flexibility index (Phi) is 11.6. The van der Waals surface area contributed by atoms with Crippen LogP contribution in [0.25, 0.3) is 0 Å². The fourth-order valence-electron chi connectivity index (χ4n) is 4.79. The van der Waals surface area contributed by atoms with Crippen molar-refractivity contribution in [3.05, 3.63) is 75.5 Å². The summed E-state index contributed by atoms with van der Waals surface area (Å²) in [4.78, 5) is 32.1. The Morgan fingerprint density at radius 3 is 2.07 bits per heavy atom. The highest BCUT2D eigenvalue weighted by Gasteiger charge is 2.26. The third-order valence-electron chi connectivity index (χ3n) is 7.19. The molecule has 0 saturated heterocycles. The second-order valence-electron chi connectivity index (χ2n) is 11.1. The molecule has 0 unspecified atom stereocenters. The van der Waals surface area contributed by atoms with Crippen LogP contribution < -0.4 is 14.8 Å². The summed E-state index contributed by atoms with van der Waals surface area (Å²) < 4.78 is 10.8. The largest absolute Gasteiger partial charge is 0.493 e. The molecule has 0 aliphatic carbocycles. The number of hydrogen-bond donors (Lipinski definition) is 1. The number of amides is 3. The van der Waals surface area contributed by atoms with Gasteiger partial charge in [0.1, 0.15) is 6.54 Å². The zero-order chi connectivity index (χ0) is 30.1. The van der Waals surface area contributed by atoms with Gasteiger partial charge in [0, 0.05) is 23.2 Å². The first-order valence-electron chi connectivity index (χ1n) is 14.3. The number of nitrogens with zero attached hydrogens (tertiary/aromatic N) is 2. The first kappa shape index (κ1) is 32.0. The van der Waals surface area contributed by atoms with Crippen LogP contribution >= 0.6 is 11.3 Å². The average Bonchev–Trinajstić information content (AvgIpc) is 3.46. The number of carbonyl (C=O) groups excluding carboxylic acids is 2. The molecule has 0 saturated carbocycles. The SMILES string of the molecule is COc1ccc(CCN(Cc2cccs2)C(=O)CN(C(=O)Nc2c(C(C)C)cccc2C(C)C)C(C)C)cc1OC. The van der Waals surface area contributed by atoms with Crippen molar-refractivity contribution in [1.82, 2.24) is 9.80 Å². The van der Waals surface area contributed by atoms with Crippen molar-refractivity contribution in [3.8, 4) is 11.5 Å². The molecule has 3 aromatic rings. The van der Waals surface area contributed by atoms with E-state index in [1.54, 1.807) is 30.5 Å². The Morgan fingerprint density at radius 1 is 0.878 bits per heavy atom. The van der Waals surface area contributed by atoms with Crippen molar-refractivity contribution < 1.29 is 19.1 Å². The van der Waals surface area contributed by atoms with Gasteiger partial charge in [-0.15, -0.1) is 11.3 Å². The van der Waals surface area contributed by atoms with Crippen molar-refractivity contribution >= 4 is 29.0 Å². The Labute approximate surface area is 249 Å². The minimum atomic E-state index is -0.265. The molecule has 0 fully saturated rings. The van der Waals surface area contributed by atoms with E-state index >= 15 is 0 Å². The van der Waals surface area contributed by atoms with Crippen molar-refractivity contribution in [2.24, 2.45) is 0 Å². The number of rotatable bonds is 13. The molecule has 0 atom stereocenters. The van der Waals surface area contributed by atoms with Crippen LogP contribution in [0.1, 0.15) is 74.9 Å². The van der Waals surface area contributed by atoms with Gasteiger partial charge in [-0.25, -0.2) is 4.79 Å². The quantitative estimate of drug-likeness (QED) is 0.227. The van der Waals surface area contributed by atoms with Crippen molar-refractivity contribution in [2.75, 3.05) is 32.6 Å². The number of thiophene rings is 1. The maximum absolute atomic E-state index is 13.8. The summed E-state index contributed by atoms with van der Waals surface area (Å²) in [6, 6.07) is 15.6. The number of methoxy groups -OCH3 is 2. The minimum absolute atomic E-state index is 0.0122. The summed E-state index contributed by atoms with van der Waals surface area (Å²) in [6.07, 6.45) is 0.644. The van der Waals surface area contributed by atoms with Gasteiger partial charge in [-0.2, -0.15) is 0 Å². The highest BCUT2D eigenvalue weighted by molar-refractivity contribution is 7.09. The van der Waals surface area contributed by atoms with Crippen LogP contribution in [-0.2, 0) is 17.8 Å². The molecule has 0 spiro atoms. The van der Waals surface area contributed by atoms with Crippen molar-refractivity contribution in [1.29, 1.82) is 0 Å². The molecule has 1 heterocycles. The molecule has 2 aromatic carbocycles. The monoisotopic (exact) mass is 579 g/mol. The number of hydrogen-bond acceptors (Lipinski definition) is 5. The number of para-hydroxylation sites is 1. The zero-order valence-electron chi connectivity index (χ0n) is 25.7. The maximum Gasteiger partial charge on any atom is 0.322 e. The minimum Gasteiger partial charge on any atom is -0.493 e. The van der Waals surface area contributed by atoms with Gasteiger partial charge < -0.3 is 24.6 Å². The van der Waals surface area contributed by atoms with Crippen molar-refractivity contribution in [3.63, 3.8) is 0 Å². The van der Waals surface area contributed by atoms with E-state index in [2.05, 4.69) is 45.1 Å². The van der Waals surface area contributed by atoms with Crippen LogP contribution in [0.2, 0.25) is 0 Å². The highest BCUT2D eigenvalue weighted by atomic mass is 32.1. The van der Waals surface area contributed by atoms with Crippen LogP contribution in [-0.4, -0.2) is 55.1 Å². The number of carbonyl (C=O) groups is 2. The van der Waals surface area contributed by atoms with Crippen LogP contribution in [0.3, 0.4) is 0 Å². The Bertz CT molecular complexity index is 1260. The van der Waals surface area contributed by atoms with Gasteiger partial charge in [0.2, 0.25) is 5.91 Å². The average molecular weight is 580 g/mol. The molecule has 3 amide bonds. The summed E-state index contributed by atoms with van der Waals surface area (Å²) in [7, 11) is 3.23. The maximum atomic E-state index is 13.8. The number of ether oxygens (including phenoxy) is 2. The summed E-state index contributed by atoms with van der Waals surface area (Å²) >= 11 is 1.62. The van der Waals surface area contributed by atoms with E-state index in [9.17, 15) is 9.59 Å². The molecule has 3 rings (SSSR count). The molecule has 0 bridgehead atoms. The van der Waals surface area contributed by atoms with E-state index in [1.165, 1.54) is 0 Å². The summed E-state index contributed by atoms with van der Waals surface area (Å²) in [5.74, 6) is 1.73.